The first-order valence-electron chi connectivity index (χ1n) is 9.05. The molecule has 130 valence electrons. The van der Waals surface area contributed by atoms with E-state index in [0.717, 1.165) is 36.9 Å². The molecule has 2 fully saturated rings. The minimum absolute atomic E-state index is 0.120. The van der Waals surface area contributed by atoms with Crippen molar-refractivity contribution in [3.63, 3.8) is 0 Å². The molecule has 1 aliphatic heterocycles. The van der Waals surface area contributed by atoms with Crippen molar-refractivity contribution in [1.29, 1.82) is 0 Å². The van der Waals surface area contributed by atoms with Crippen LogP contribution >= 0.6 is 12.2 Å². The molecule has 1 aromatic carbocycles. The fourth-order valence-corrected chi connectivity index (χ4v) is 3.99. The summed E-state index contributed by atoms with van der Waals surface area (Å²) in [6.45, 7) is 5.40. The predicted octanol–water partition coefficient (Wildman–Crippen LogP) is 2.90. The summed E-state index contributed by atoms with van der Waals surface area (Å²) in [6, 6.07) is 10.0. The zero-order valence-corrected chi connectivity index (χ0v) is 15.2. The summed E-state index contributed by atoms with van der Waals surface area (Å²) < 4.78 is 0. The van der Waals surface area contributed by atoms with Crippen molar-refractivity contribution >= 4 is 23.2 Å². The lowest BCUT2D eigenvalue weighted by atomic mass is 9.86. The highest BCUT2D eigenvalue weighted by Crippen LogP contribution is 2.24. The monoisotopic (exact) mass is 345 g/mol. The van der Waals surface area contributed by atoms with Crippen LogP contribution in [0.5, 0.6) is 0 Å². The molecule has 1 aromatic rings. The van der Waals surface area contributed by atoms with Crippen LogP contribution in [-0.2, 0) is 0 Å². The second kappa shape index (κ2) is 7.97. The Bertz CT molecular complexity index is 569. The summed E-state index contributed by atoms with van der Waals surface area (Å²) in [4.78, 5) is 16.6. The number of rotatable bonds is 2. The van der Waals surface area contributed by atoms with Crippen molar-refractivity contribution in [3.05, 3.63) is 35.9 Å². The second-order valence-corrected chi connectivity index (χ2v) is 7.35. The van der Waals surface area contributed by atoms with Gasteiger partial charge in [-0.3, -0.25) is 4.79 Å². The molecule has 1 heterocycles. The van der Waals surface area contributed by atoms with Gasteiger partial charge in [0.25, 0.3) is 5.91 Å². The number of hydrogen-bond acceptors (Lipinski definition) is 2. The Morgan fingerprint density at radius 2 is 1.67 bits per heavy atom. The summed E-state index contributed by atoms with van der Waals surface area (Å²) in [5, 5.41) is 4.43. The van der Waals surface area contributed by atoms with E-state index in [9.17, 15) is 4.79 Å². The van der Waals surface area contributed by atoms with Crippen molar-refractivity contribution in [2.24, 2.45) is 5.92 Å². The van der Waals surface area contributed by atoms with Crippen molar-refractivity contribution in [2.75, 3.05) is 26.2 Å². The van der Waals surface area contributed by atoms with E-state index in [-0.39, 0.29) is 5.91 Å². The van der Waals surface area contributed by atoms with Gasteiger partial charge in [-0.25, -0.2) is 0 Å². The van der Waals surface area contributed by atoms with Gasteiger partial charge in [0.2, 0.25) is 0 Å². The van der Waals surface area contributed by atoms with E-state index in [0.29, 0.717) is 12.0 Å². The third-order valence-corrected chi connectivity index (χ3v) is 5.67. The fourth-order valence-electron chi connectivity index (χ4n) is 3.66. The van der Waals surface area contributed by atoms with Crippen molar-refractivity contribution in [2.45, 2.75) is 38.6 Å². The Labute approximate surface area is 150 Å². The molecule has 0 aromatic heterocycles. The highest BCUT2D eigenvalue weighted by molar-refractivity contribution is 7.80. The first kappa shape index (κ1) is 17.2. The Balaban J connectivity index is 1.49. The van der Waals surface area contributed by atoms with Crippen LogP contribution in [0.1, 0.15) is 43.0 Å². The average molecular weight is 346 g/mol. The van der Waals surface area contributed by atoms with Gasteiger partial charge in [0.15, 0.2) is 5.11 Å². The molecule has 1 amide bonds. The van der Waals surface area contributed by atoms with E-state index in [2.05, 4.69) is 17.1 Å². The van der Waals surface area contributed by atoms with Gasteiger partial charge in [0, 0.05) is 37.8 Å². The Morgan fingerprint density at radius 1 is 1.04 bits per heavy atom. The van der Waals surface area contributed by atoms with Gasteiger partial charge in [-0.15, -0.1) is 0 Å². The van der Waals surface area contributed by atoms with Gasteiger partial charge in [-0.1, -0.05) is 38.0 Å². The number of carbonyl (C=O) groups is 1. The molecular weight excluding hydrogens is 318 g/mol. The summed E-state index contributed by atoms with van der Waals surface area (Å²) in [5.74, 6) is 0.813. The van der Waals surface area contributed by atoms with Gasteiger partial charge in [-0.2, -0.15) is 0 Å². The normalized spacial score (nSPS) is 24.5. The highest BCUT2D eigenvalue weighted by Gasteiger charge is 2.26. The zero-order valence-electron chi connectivity index (χ0n) is 14.4. The highest BCUT2D eigenvalue weighted by atomic mass is 32.1. The lowest BCUT2D eigenvalue weighted by molar-refractivity contribution is 0.0690. The van der Waals surface area contributed by atoms with Crippen molar-refractivity contribution < 1.29 is 4.79 Å². The molecule has 4 nitrogen and oxygen atoms in total. The minimum Gasteiger partial charge on any atom is -0.360 e. The van der Waals surface area contributed by atoms with Gasteiger partial charge in [0.05, 0.1) is 0 Å². The SMILES string of the molecule is C[C@H]1CCCC[C@H]1NC(=S)N1CCN(C(=O)c2ccccc2)CC1. The Hall–Kier alpha value is -1.62. The van der Waals surface area contributed by atoms with Crippen LogP contribution in [0.3, 0.4) is 0 Å². The van der Waals surface area contributed by atoms with Crippen LogP contribution < -0.4 is 5.32 Å². The third-order valence-electron chi connectivity index (χ3n) is 5.30. The van der Waals surface area contributed by atoms with Gasteiger partial charge in [0.1, 0.15) is 0 Å². The molecule has 1 saturated heterocycles. The van der Waals surface area contributed by atoms with Gasteiger partial charge >= 0.3 is 0 Å². The standard InChI is InChI=1S/C19H27N3OS/c1-15-7-5-6-10-17(15)20-19(24)22-13-11-21(12-14-22)18(23)16-8-3-2-4-9-16/h2-4,8-9,15,17H,5-7,10-14H2,1H3,(H,20,24)/t15-,17+/m0/s1. The average Bonchev–Trinajstić information content (AvgIpc) is 2.64. The molecular formula is C19H27N3OS. The smallest absolute Gasteiger partial charge is 0.253 e. The summed E-state index contributed by atoms with van der Waals surface area (Å²) in [6.07, 6.45) is 5.14. The van der Waals surface area contributed by atoms with E-state index in [1.165, 1.54) is 25.7 Å². The molecule has 2 aliphatic rings. The molecule has 1 aliphatic carbocycles. The molecule has 2 atom stereocenters. The molecule has 0 radical (unpaired) electrons. The van der Waals surface area contributed by atoms with E-state index in [1.54, 1.807) is 0 Å². The number of thiocarbonyl (C=S) groups is 1. The molecule has 1 saturated carbocycles. The number of carbonyl (C=O) groups excluding carboxylic acids is 1. The summed E-state index contributed by atoms with van der Waals surface area (Å²) >= 11 is 5.62. The van der Waals surface area contributed by atoms with Crippen LogP contribution in [0.4, 0.5) is 0 Å². The van der Waals surface area contributed by atoms with Gasteiger partial charge in [-0.05, 0) is 43.1 Å². The van der Waals surface area contributed by atoms with Crippen LogP contribution in [-0.4, -0.2) is 53.0 Å². The number of nitrogens with one attached hydrogen (secondary N) is 1. The quantitative estimate of drug-likeness (QED) is 0.836. The predicted molar refractivity (Wildman–Crippen MR) is 101 cm³/mol. The number of hydrogen-bond donors (Lipinski definition) is 1. The molecule has 3 rings (SSSR count). The van der Waals surface area contributed by atoms with E-state index >= 15 is 0 Å². The maximum absolute atomic E-state index is 12.5. The second-order valence-electron chi connectivity index (χ2n) is 6.96. The maximum atomic E-state index is 12.5. The fraction of sp³-hybridized carbons (Fsp3) is 0.579. The molecule has 0 unspecified atom stereocenters. The van der Waals surface area contributed by atoms with Crippen LogP contribution in [0.25, 0.3) is 0 Å². The van der Waals surface area contributed by atoms with Crippen LogP contribution in [0.2, 0.25) is 0 Å². The maximum Gasteiger partial charge on any atom is 0.253 e. The summed E-state index contributed by atoms with van der Waals surface area (Å²) in [7, 11) is 0. The number of benzene rings is 1. The lowest BCUT2D eigenvalue weighted by Gasteiger charge is -2.38. The van der Waals surface area contributed by atoms with E-state index in [1.807, 2.05) is 35.2 Å². The number of piperazine rings is 1. The van der Waals surface area contributed by atoms with E-state index in [4.69, 9.17) is 12.2 Å². The molecule has 0 bridgehead atoms. The first-order chi connectivity index (χ1) is 11.6. The van der Waals surface area contributed by atoms with Crippen LogP contribution in [0, 0.1) is 5.92 Å². The Kier molecular flexibility index (Phi) is 5.72. The van der Waals surface area contributed by atoms with Crippen molar-refractivity contribution in [3.8, 4) is 0 Å². The third kappa shape index (κ3) is 4.07. The molecule has 24 heavy (non-hydrogen) atoms. The molecule has 5 heteroatoms. The van der Waals surface area contributed by atoms with Gasteiger partial charge < -0.3 is 15.1 Å². The molecule has 0 spiro atoms. The first-order valence-corrected chi connectivity index (χ1v) is 9.46. The topological polar surface area (TPSA) is 35.6 Å². The zero-order chi connectivity index (χ0) is 16.9. The summed E-state index contributed by atoms with van der Waals surface area (Å²) in [5.41, 5.74) is 0.766. The Morgan fingerprint density at radius 3 is 2.33 bits per heavy atom. The lowest BCUT2D eigenvalue weighted by Crippen LogP contribution is -2.55. The number of amides is 1. The van der Waals surface area contributed by atoms with Crippen LogP contribution in [0.15, 0.2) is 30.3 Å². The van der Waals surface area contributed by atoms with E-state index < -0.39 is 0 Å². The van der Waals surface area contributed by atoms with Crippen molar-refractivity contribution in [1.82, 2.24) is 15.1 Å². The largest absolute Gasteiger partial charge is 0.360 e. The minimum atomic E-state index is 0.120. The molecule has 1 N–H and O–H groups in total. The number of nitrogens with zero attached hydrogens (tertiary/aromatic N) is 2.